The highest BCUT2D eigenvalue weighted by Crippen LogP contribution is 2.26. The van der Waals surface area contributed by atoms with Crippen LogP contribution < -0.4 is 10.1 Å². The van der Waals surface area contributed by atoms with Crippen molar-refractivity contribution in [3.05, 3.63) is 72.1 Å². The number of pyridine rings is 2. The molecule has 0 spiro atoms. The number of benzene rings is 1. The van der Waals surface area contributed by atoms with Crippen molar-refractivity contribution in [1.82, 2.24) is 14.9 Å². The predicted octanol–water partition coefficient (Wildman–Crippen LogP) is 3.41. The predicted molar refractivity (Wildman–Crippen MR) is 115 cm³/mol. The number of methoxy groups -OCH3 is 1. The third-order valence-corrected chi connectivity index (χ3v) is 5.10. The topological polar surface area (TPSA) is 76.6 Å². The van der Waals surface area contributed by atoms with Crippen molar-refractivity contribution in [2.24, 2.45) is 0 Å². The van der Waals surface area contributed by atoms with E-state index in [-0.39, 0.29) is 12.0 Å². The number of ether oxygens (including phenoxy) is 2. The van der Waals surface area contributed by atoms with Crippen LogP contribution in [-0.2, 0) is 4.74 Å². The Morgan fingerprint density at radius 2 is 2.03 bits per heavy atom. The summed E-state index contributed by atoms with van der Waals surface area (Å²) in [7, 11) is 3.43. The van der Waals surface area contributed by atoms with E-state index in [1.807, 2.05) is 47.4 Å². The molecule has 0 unspecified atom stereocenters. The van der Waals surface area contributed by atoms with Crippen LogP contribution in [0.15, 0.2) is 60.8 Å². The van der Waals surface area contributed by atoms with E-state index in [0.717, 1.165) is 22.7 Å². The second-order valence-corrected chi connectivity index (χ2v) is 6.97. The molecule has 1 aliphatic heterocycles. The Morgan fingerprint density at radius 3 is 2.80 bits per heavy atom. The first-order valence-electron chi connectivity index (χ1n) is 9.84. The van der Waals surface area contributed by atoms with Gasteiger partial charge in [0.05, 0.1) is 31.6 Å². The lowest BCUT2D eigenvalue weighted by atomic mass is 10.1. The van der Waals surface area contributed by atoms with Gasteiger partial charge in [0.25, 0.3) is 5.91 Å². The molecule has 0 radical (unpaired) electrons. The Balaban J connectivity index is 1.52. The van der Waals surface area contributed by atoms with Crippen molar-refractivity contribution in [3.8, 4) is 17.0 Å². The molecule has 0 saturated carbocycles. The van der Waals surface area contributed by atoms with Gasteiger partial charge in [-0.05, 0) is 48.5 Å². The maximum Gasteiger partial charge on any atom is 0.254 e. The number of aromatic nitrogens is 2. The quantitative estimate of drug-likeness (QED) is 0.702. The number of nitrogens with zero attached hydrogens (tertiary/aromatic N) is 3. The van der Waals surface area contributed by atoms with Gasteiger partial charge in [0.1, 0.15) is 17.7 Å². The number of carbonyl (C=O) groups excluding carboxylic acids is 1. The number of nitrogens with one attached hydrogen (secondary N) is 1. The van der Waals surface area contributed by atoms with E-state index in [9.17, 15) is 4.79 Å². The second-order valence-electron chi connectivity index (χ2n) is 6.97. The first kappa shape index (κ1) is 19.8. The van der Waals surface area contributed by atoms with Crippen molar-refractivity contribution in [2.75, 3.05) is 39.2 Å². The molecule has 1 N–H and O–H groups in total. The molecule has 7 heteroatoms. The lowest BCUT2D eigenvalue weighted by Crippen LogP contribution is -2.42. The fourth-order valence-electron chi connectivity index (χ4n) is 3.45. The molecule has 30 heavy (non-hydrogen) atoms. The highest BCUT2D eigenvalue weighted by Gasteiger charge is 2.27. The zero-order valence-electron chi connectivity index (χ0n) is 17.0. The van der Waals surface area contributed by atoms with E-state index < -0.39 is 0 Å². The maximum atomic E-state index is 13.0. The monoisotopic (exact) mass is 404 g/mol. The van der Waals surface area contributed by atoms with Gasteiger partial charge < -0.3 is 19.7 Å². The molecule has 1 aromatic carbocycles. The average Bonchev–Trinajstić information content (AvgIpc) is 2.84. The summed E-state index contributed by atoms with van der Waals surface area (Å²) in [5.41, 5.74) is 3.27. The molecule has 3 heterocycles. The van der Waals surface area contributed by atoms with Crippen LogP contribution >= 0.6 is 0 Å². The average molecular weight is 404 g/mol. The molecular weight excluding hydrogens is 380 g/mol. The molecule has 1 fully saturated rings. The van der Waals surface area contributed by atoms with Gasteiger partial charge in [-0.15, -0.1) is 0 Å². The number of carbonyl (C=O) groups is 1. The van der Waals surface area contributed by atoms with Gasteiger partial charge in [-0.25, -0.2) is 9.97 Å². The number of hydrogen-bond acceptors (Lipinski definition) is 6. The van der Waals surface area contributed by atoms with Crippen molar-refractivity contribution in [3.63, 3.8) is 0 Å². The lowest BCUT2D eigenvalue weighted by molar-refractivity contribution is -0.0246. The fourth-order valence-corrected chi connectivity index (χ4v) is 3.45. The van der Waals surface area contributed by atoms with Gasteiger partial charge in [-0.1, -0.05) is 6.07 Å². The summed E-state index contributed by atoms with van der Waals surface area (Å²) in [4.78, 5) is 23.8. The van der Waals surface area contributed by atoms with Crippen molar-refractivity contribution in [2.45, 2.75) is 6.10 Å². The summed E-state index contributed by atoms with van der Waals surface area (Å²) in [6.07, 6.45) is 1.36. The summed E-state index contributed by atoms with van der Waals surface area (Å²) in [6, 6.07) is 17.1. The first-order chi connectivity index (χ1) is 14.7. The van der Waals surface area contributed by atoms with Crippen molar-refractivity contribution in [1.29, 1.82) is 0 Å². The van der Waals surface area contributed by atoms with E-state index in [0.29, 0.717) is 31.1 Å². The van der Waals surface area contributed by atoms with Gasteiger partial charge >= 0.3 is 0 Å². The molecule has 154 valence electrons. The maximum absolute atomic E-state index is 13.0. The van der Waals surface area contributed by atoms with Crippen LogP contribution in [0.4, 0.5) is 5.82 Å². The largest absolute Gasteiger partial charge is 0.497 e. The molecular formula is C23H24N4O3. The van der Waals surface area contributed by atoms with Gasteiger partial charge in [0, 0.05) is 30.9 Å². The third kappa shape index (κ3) is 4.26. The van der Waals surface area contributed by atoms with Gasteiger partial charge in [-0.3, -0.25) is 4.79 Å². The van der Waals surface area contributed by atoms with Crippen LogP contribution in [0.5, 0.6) is 5.75 Å². The van der Waals surface area contributed by atoms with Crippen LogP contribution in [0.25, 0.3) is 11.3 Å². The van der Waals surface area contributed by atoms with Gasteiger partial charge in [0.2, 0.25) is 0 Å². The normalized spacial score (nSPS) is 16.2. The third-order valence-electron chi connectivity index (χ3n) is 5.10. The minimum atomic E-state index is -0.272. The minimum absolute atomic E-state index is 0.0338. The van der Waals surface area contributed by atoms with E-state index in [1.54, 1.807) is 32.5 Å². The Morgan fingerprint density at radius 1 is 1.20 bits per heavy atom. The number of morpholine rings is 1. The molecule has 4 rings (SSSR count). The number of anilines is 1. The van der Waals surface area contributed by atoms with E-state index in [1.165, 1.54) is 0 Å². The summed E-state index contributed by atoms with van der Waals surface area (Å²) in [5, 5.41) is 2.96. The molecule has 1 atom stereocenters. The van der Waals surface area contributed by atoms with Gasteiger partial charge in [0.15, 0.2) is 0 Å². The lowest BCUT2D eigenvalue weighted by Gasteiger charge is -2.33. The number of amides is 1. The van der Waals surface area contributed by atoms with Crippen LogP contribution in [0.3, 0.4) is 0 Å². The molecule has 7 nitrogen and oxygen atoms in total. The standard InChI is InChI=1S/C23H24N4O3/c1-24-22-14-17(10-11-25-22)23(28)27-12-13-30-21(15-27)20-5-3-4-19(26-20)16-6-8-18(29-2)9-7-16/h3-11,14,21H,12-13,15H2,1-2H3,(H,24,25)/t21-/m1/s1. The van der Waals surface area contributed by atoms with E-state index >= 15 is 0 Å². The smallest absolute Gasteiger partial charge is 0.254 e. The van der Waals surface area contributed by atoms with Crippen LogP contribution in [-0.4, -0.2) is 54.6 Å². The molecule has 1 aliphatic rings. The molecule has 3 aromatic rings. The van der Waals surface area contributed by atoms with Crippen molar-refractivity contribution >= 4 is 11.7 Å². The van der Waals surface area contributed by atoms with E-state index in [4.69, 9.17) is 14.5 Å². The number of rotatable bonds is 5. The summed E-state index contributed by atoms with van der Waals surface area (Å²) < 4.78 is 11.2. The summed E-state index contributed by atoms with van der Waals surface area (Å²) in [6.45, 7) is 1.47. The minimum Gasteiger partial charge on any atom is -0.497 e. The Hall–Kier alpha value is -3.45. The molecule has 0 aliphatic carbocycles. The molecule has 1 saturated heterocycles. The first-order valence-corrected chi connectivity index (χ1v) is 9.84. The van der Waals surface area contributed by atoms with Gasteiger partial charge in [-0.2, -0.15) is 0 Å². The van der Waals surface area contributed by atoms with Crippen molar-refractivity contribution < 1.29 is 14.3 Å². The highest BCUT2D eigenvalue weighted by atomic mass is 16.5. The number of hydrogen-bond donors (Lipinski definition) is 1. The fraction of sp³-hybridized carbons (Fsp3) is 0.261. The Labute approximate surface area is 175 Å². The SMILES string of the molecule is CNc1cc(C(=O)N2CCO[C@@H](c3cccc(-c4ccc(OC)cc4)n3)C2)ccn1. The molecule has 1 amide bonds. The summed E-state index contributed by atoms with van der Waals surface area (Å²) >= 11 is 0. The zero-order valence-corrected chi connectivity index (χ0v) is 17.0. The summed E-state index contributed by atoms with van der Waals surface area (Å²) in [5.74, 6) is 1.44. The second kappa shape index (κ2) is 8.92. The Bertz CT molecular complexity index is 1020. The Kier molecular flexibility index (Phi) is 5.90. The van der Waals surface area contributed by atoms with Crippen LogP contribution in [0.1, 0.15) is 22.2 Å². The zero-order chi connectivity index (χ0) is 20.9. The van der Waals surface area contributed by atoms with Crippen LogP contribution in [0, 0.1) is 0 Å². The highest BCUT2D eigenvalue weighted by molar-refractivity contribution is 5.94. The van der Waals surface area contributed by atoms with Crippen LogP contribution in [0.2, 0.25) is 0 Å². The molecule has 2 aromatic heterocycles. The molecule has 0 bridgehead atoms. The van der Waals surface area contributed by atoms with E-state index in [2.05, 4.69) is 10.3 Å².